The Kier molecular flexibility index (Phi) is 6.00. The van der Waals surface area contributed by atoms with Crippen molar-refractivity contribution in [3.05, 3.63) is 53.9 Å². The van der Waals surface area contributed by atoms with Gasteiger partial charge in [-0.25, -0.2) is 0 Å². The zero-order chi connectivity index (χ0) is 21.4. The van der Waals surface area contributed by atoms with Crippen molar-refractivity contribution in [1.82, 2.24) is 19.1 Å². The van der Waals surface area contributed by atoms with Gasteiger partial charge in [0.2, 0.25) is 0 Å². The second-order valence-electron chi connectivity index (χ2n) is 8.49. The molecule has 1 aromatic carbocycles. The molecule has 0 saturated carbocycles. The van der Waals surface area contributed by atoms with Gasteiger partial charge in [0.05, 0.1) is 23.9 Å². The first-order valence-electron chi connectivity index (χ1n) is 10.4. The lowest BCUT2D eigenvalue weighted by atomic mass is 9.82. The lowest BCUT2D eigenvalue weighted by Gasteiger charge is -2.45. The molecule has 164 valence electrons. The minimum atomic E-state index is -3.80. The zero-order valence-corrected chi connectivity index (χ0v) is 18.5. The van der Waals surface area contributed by atoms with Crippen molar-refractivity contribution in [3.8, 4) is 0 Å². The fraction of sp³-hybridized carbons (Fsp3) is 0.571. The summed E-state index contributed by atoms with van der Waals surface area (Å²) in [5.74, 6) is 0. The molecule has 2 aliphatic heterocycles. The van der Waals surface area contributed by atoms with Crippen molar-refractivity contribution in [2.24, 2.45) is 0 Å². The van der Waals surface area contributed by atoms with E-state index in [1.54, 1.807) is 10.4 Å². The molecule has 9 heteroatoms. The van der Waals surface area contributed by atoms with E-state index < -0.39 is 22.0 Å². The molecule has 2 aliphatic rings. The van der Waals surface area contributed by atoms with Crippen LogP contribution in [0.3, 0.4) is 0 Å². The van der Waals surface area contributed by atoms with Crippen LogP contribution >= 0.6 is 0 Å². The monoisotopic (exact) mass is 434 g/mol. The highest BCUT2D eigenvalue weighted by Gasteiger charge is 2.63. The lowest BCUT2D eigenvalue weighted by molar-refractivity contribution is -0.119. The maximum absolute atomic E-state index is 13.9. The maximum atomic E-state index is 13.9. The van der Waals surface area contributed by atoms with Crippen LogP contribution in [0, 0.1) is 0 Å². The van der Waals surface area contributed by atoms with Gasteiger partial charge in [-0.2, -0.15) is 17.0 Å². The predicted molar refractivity (Wildman–Crippen MR) is 112 cm³/mol. The van der Waals surface area contributed by atoms with Crippen LogP contribution in [-0.4, -0.2) is 52.6 Å². The molecule has 8 nitrogen and oxygen atoms in total. The molecule has 2 saturated heterocycles. The fourth-order valence-corrected chi connectivity index (χ4v) is 6.71. The number of aromatic nitrogens is 1. The van der Waals surface area contributed by atoms with Crippen LogP contribution in [0.5, 0.6) is 0 Å². The van der Waals surface area contributed by atoms with Crippen LogP contribution in [0.4, 0.5) is 0 Å². The molecule has 1 N–H and O–H groups in total. The molecule has 3 atom stereocenters. The summed E-state index contributed by atoms with van der Waals surface area (Å²) >= 11 is 0. The highest BCUT2D eigenvalue weighted by Crippen LogP contribution is 2.46. The molecule has 0 aliphatic carbocycles. The number of hydrogen-bond donors (Lipinski definition) is 1. The van der Waals surface area contributed by atoms with E-state index in [4.69, 9.17) is 9.26 Å². The Bertz CT molecular complexity index is 935. The summed E-state index contributed by atoms with van der Waals surface area (Å²) in [5, 5.41) is 7.41. The molecule has 3 heterocycles. The van der Waals surface area contributed by atoms with Gasteiger partial charge in [-0.1, -0.05) is 35.5 Å². The van der Waals surface area contributed by atoms with Gasteiger partial charge in [0.25, 0.3) is 10.2 Å². The molecule has 3 unspecified atom stereocenters. The first-order chi connectivity index (χ1) is 14.3. The third-order valence-corrected chi connectivity index (χ3v) is 7.85. The first kappa shape index (κ1) is 21.5. The molecule has 1 aromatic heterocycles. The quantitative estimate of drug-likeness (QED) is 0.752. The Hall–Kier alpha value is -1.78. The van der Waals surface area contributed by atoms with Crippen molar-refractivity contribution in [3.63, 3.8) is 0 Å². The van der Waals surface area contributed by atoms with Gasteiger partial charge < -0.3 is 14.6 Å². The third-order valence-electron chi connectivity index (χ3n) is 5.88. The molecule has 4 rings (SSSR count). The minimum Gasteiger partial charge on any atom is -0.364 e. The van der Waals surface area contributed by atoms with Gasteiger partial charge in [0.1, 0.15) is 12.5 Å². The smallest absolute Gasteiger partial charge is 0.285 e. The highest BCUT2D eigenvalue weighted by atomic mass is 32.2. The Morgan fingerprint density at radius 2 is 2.03 bits per heavy atom. The molecule has 2 fully saturated rings. The van der Waals surface area contributed by atoms with E-state index in [9.17, 15) is 8.42 Å². The fourth-order valence-electron chi connectivity index (χ4n) is 4.64. The summed E-state index contributed by atoms with van der Waals surface area (Å²) in [5.41, 5.74) is 0.862. The summed E-state index contributed by atoms with van der Waals surface area (Å²) < 4.78 is 42.2. The SMILES string of the molecule is CC1CC2(CCN1)C(OC(C)C)N(Cc1ccon1)S(=O)(=O)N2Cc1ccccc1. The molecule has 30 heavy (non-hydrogen) atoms. The second-order valence-corrected chi connectivity index (χ2v) is 10.3. The highest BCUT2D eigenvalue weighted by molar-refractivity contribution is 7.87. The summed E-state index contributed by atoms with van der Waals surface area (Å²) in [6, 6.07) is 11.6. The normalized spacial score (nSPS) is 29.7. The molecular weight excluding hydrogens is 404 g/mol. The molecule has 2 aromatic rings. The average molecular weight is 435 g/mol. The summed E-state index contributed by atoms with van der Waals surface area (Å²) in [6.45, 7) is 7.14. The van der Waals surface area contributed by atoms with Gasteiger partial charge in [0.15, 0.2) is 0 Å². The standard InChI is InChI=1S/C21H30N4O4S/c1-16(2)29-20-21(10-11-22-17(3)13-21)25(14-18-7-5-4-6-8-18)30(26,27)24(20)15-19-9-12-28-23-19/h4-9,12,16-17,20,22H,10-11,13-15H2,1-3H3. The van der Waals surface area contributed by atoms with Gasteiger partial charge in [-0.3, -0.25) is 0 Å². The van der Waals surface area contributed by atoms with Gasteiger partial charge >= 0.3 is 0 Å². The second kappa shape index (κ2) is 8.39. The number of benzene rings is 1. The Morgan fingerprint density at radius 3 is 2.67 bits per heavy atom. The number of hydrogen-bond acceptors (Lipinski definition) is 6. The van der Waals surface area contributed by atoms with E-state index in [1.807, 2.05) is 44.2 Å². The van der Waals surface area contributed by atoms with Gasteiger partial charge in [-0.05, 0) is 45.7 Å². The summed E-state index contributed by atoms with van der Waals surface area (Å²) in [7, 11) is -3.80. The first-order valence-corrected chi connectivity index (χ1v) is 11.8. The predicted octanol–water partition coefficient (Wildman–Crippen LogP) is 2.50. The molecule has 0 amide bonds. The van der Waals surface area contributed by atoms with Crippen LogP contribution in [-0.2, 0) is 28.0 Å². The molecule has 1 spiro atoms. The number of ether oxygens (including phenoxy) is 1. The topological polar surface area (TPSA) is 87.9 Å². The van der Waals surface area contributed by atoms with Crippen molar-refractivity contribution >= 4 is 10.2 Å². The van der Waals surface area contributed by atoms with Gasteiger partial charge in [0, 0.05) is 18.7 Å². The van der Waals surface area contributed by atoms with E-state index >= 15 is 0 Å². The van der Waals surface area contributed by atoms with Crippen LogP contribution < -0.4 is 5.32 Å². The Labute approximate surface area is 178 Å². The minimum absolute atomic E-state index is 0.116. The maximum Gasteiger partial charge on any atom is 0.285 e. The third kappa shape index (κ3) is 3.92. The number of piperidine rings is 1. The van der Waals surface area contributed by atoms with Crippen LogP contribution in [0.2, 0.25) is 0 Å². The summed E-state index contributed by atoms with van der Waals surface area (Å²) in [4.78, 5) is 0. The van der Waals surface area contributed by atoms with Crippen LogP contribution in [0.1, 0.15) is 44.9 Å². The number of nitrogens with zero attached hydrogens (tertiary/aromatic N) is 3. The van der Waals surface area contributed by atoms with E-state index in [1.165, 1.54) is 10.6 Å². The lowest BCUT2D eigenvalue weighted by Crippen LogP contribution is -2.60. The van der Waals surface area contributed by atoms with Crippen molar-refractivity contribution in [2.45, 2.75) is 70.6 Å². The Morgan fingerprint density at radius 1 is 1.27 bits per heavy atom. The van der Waals surface area contributed by atoms with Crippen LogP contribution in [0.25, 0.3) is 0 Å². The molecule has 0 radical (unpaired) electrons. The van der Waals surface area contributed by atoms with E-state index in [2.05, 4.69) is 17.4 Å². The van der Waals surface area contributed by atoms with Crippen molar-refractivity contribution in [1.29, 1.82) is 0 Å². The van der Waals surface area contributed by atoms with Crippen LogP contribution in [0.15, 0.2) is 47.2 Å². The van der Waals surface area contributed by atoms with Crippen molar-refractivity contribution in [2.75, 3.05) is 6.54 Å². The van der Waals surface area contributed by atoms with Crippen molar-refractivity contribution < 1.29 is 17.7 Å². The van der Waals surface area contributed by atoms with E-state index in [0.717, 1.165) is 12.1 Å². The van der Waals surface area contributed by atoms with Gasteiger partial charge in [-0.15, -0.1) is 0 Å². The molecular formula is C21H30N4O4S. The number of rotatable bonds is 6. The zero-order valence-electron chi connectivity index (χ0n) is 17.7. The van der Waals surface area contributed by atoms with E-state index in [-0.39, 0.29) is 18.7 Å². The van der Waals surface area contributed by atoms with E-state index in [0.29, 0.717) is 25.1 Å². The average Bonchev–Trinajstić information content (AvgIpc) is 3.26. The largest absolute Gasteiger partial charge is 0.364 e. The Balaban J connectivity index is 1.80. The molecule has 0 bridgehead atoms. The number of nitrogens with one attached hydrogen (secondary N) is 1. The summed E-state index contributed by atoms with van der Waals surface area (Å²) in [6.07, 6.45) is 2.08.